The zero-order valence-corrected chi connectivity index (χ0v) is 8.98. The predicted octanol–water partition coefficient (Wildman–Crippen LogP) is 3.12. The number of allylic oxidation sites excluding steroid dienone is 1. The van der Waals surface area contributed by atoms with Crippen molar-refractivity contribution in [1.82, 2.24) is 5.32 Å². The largest absolute Gasteiger partial charge is 0.311 e. The lowest BCUT2D eigenvalue weighted by atomic mass is 10.1. The van der Waals surface area contributed by atoms with Gasteiger partial charge in [-0.25, -0.2) is 0 Å². The van der Waals surface area contributed by atoms with Gasteiger partial charge in [-0.15, -0.1) is 0 Å². The van der Waals surface area contributed by atoms with Crippen LogP contribution in [-0.4, -0.2) is 12.6 Å². The van der Waals surface area contributed by atoms with Crippen LogP contribution in [0.5, 0.6) is 0 Å². The summed E-state index contributed by atoms with van der Waals surface area (Å²) in [6, 6.07) is 0.667. The van der Waals surface area contributed by atoms with Gasteiger partial charge in [0.2, 0.25) is 0 Å². The van der Waals surface area contributed by atoms with Gasteiger partial charge < -0.3 is 5.32 Å². The maximum Gasteiger partial charge on any atom is 0.0139 e. The molecule has 0 saturated carbocycles. The molecule has 0 aromatic heterocycles. The summed E-state index contributed by atoms with van der Waals surface area (Å²) in [4.78, 5) is 0. The van der Waals surface area contributed by atoms with Gasteiger partial charge in [-0.05, 0) is 27.2 Å². The third-order valence-corrected chi connectivity index (χ3v) is 1.97. The molecule has 72 valence electrons. The highest BCUT2D eigenvalue weighted by atomic mass is 14.9. The highest BCUT2D eigenvalue weighted by Crippen LogP contribution is 1.99. The van der Waals surface area contributed by atoms with Gasteiger partial charge in [0.1, 0.15) is 0 Å². The fraction of sp³-hybridized carbons (Fsp3) is 0.818. The molecule has 0 aromatic carbocycles. The highest BCUT2D eigenvalue weighted by Gasteiger charge is 1.97. The van der Waals surface area contributed by atoms with E-state index in [0.717, 1.165) is 6.54 Å². The molecule has 0 spiro atoms. The Hall–Kier alpha value is -0.300. The third kappa shape index (κ3) is 7.80. The van der Waals surface area contributed by atoms with Crippen LogP contribution in [0.1, 0.15) is 47.0 Å². The molecule has 0 bridgehead atoms. The fourth-order valence-electron chi connectivity index (χ4n) is 1.08. The zero-order chi connectivity index (χ0) is 9.40. The van der Waals surface area contributed by atoms with Crippen molar-refractivity contribution >= 4 is 0 Å². The SMILES string of the molecule is CCCCC(C)NCC=C(C)C. The van der Waals surface area contributed by atoms with Crippen molar-refractivity contribution in [2.45, 2.75) is 53.0 Å². The van der Waals surface area contributed by atoms with Crippen LogP contribution in [0.2, 0.25) is 0 Å². The summed E-state index contributed by atoms with van der Waals surface area (Å²) in [6.07, 6.45) is 6.17. The van der Waals surface area contributed by atoms with Crippen molar-refractivity contribution in [1.29, 1.82) is 0 Å². The molecule has 1 N–H and O–H groups in total. The van der Waals surface area contributed by atoms with Gasteiger partial charge in [0.25, 0.3) is 0 Å². The van der Waals surface area contributed by atoms with Gasteiger partial charge in [0.15, 0.2) is 0 Å². The summed E-state index contributed by atoms with van der Waals surface area (Å²) >= 11 is 0. The first kappa shape index (κ1) is 11.7. The Balaban J connectivity index is 3.31. The average Bonchev–Trinajstić information content (AvgIpc) is 2.00. The molecule has 0 fully saturated rings. The quantitative estimate of drug-likeness (QED) is 0.602. The van der Waals surface area contributed by atoms with E-state index in [1.54, 1.807) is 0 Å². The van der Waals surface area contributed by atoms with E-state index in [1.807, 2.05) is 0 Å². The van der Waals surface area contributed by atoms with Crippen LogP contribution in [0.15, 0.2) is 11.6 Å². The number of unbranched alkanes of at least 4 members (excludes halogenated alkanes) is 1. The average molecular weight is 169 g/mol. The molecule has 1 unspecified atom stereocenters. The van der Waals surface area contributed by atoms with E-state index in [1.165, 1.54) is 24.8 Å². The maximum absolute atomic E-state index is 3.47. The molecule has 0 aromatic rings. The minimum Gasteiger partial charge on any atom is -0.311 e. The van der Waals surface area contributed by atoms with E-state index >= 15 is 0 Å². The topological polar surface area (TPSA) is 12.0 Å². The summed E-state index contributed by atoms with van der Waals surface area (Å²) in [5, 5.41) is 3.47. The lowest BCUT2D eigenvalue weighted by Crippen LogP contribution is -2.25. The fourth-order valence-corrected chi connectivity index (χ4v) is 1.08. The molecule has 12 heavy (non-hydrogen) atoms. The van der Waals surface area contributed by atoms with Gasteiger partial charge in [-0.1, -0.05) is 31.4 Å². The number of nitrogens with one attached hydrogen (secondary N) is 1. The van der Waals surface area contributed by atoms with Gasteiger partial charge in [0, 0.05) is 12.6 Å². The molecular weight excluding hydrogens is 146 g/mol. The minimum absolute atomic E-state index is 0.667. The molecule has 0 amide bonds. The van der Waals surface area contributed by atoms with Gasteiger partial charge >= 0.3 is 0 Å². The Labute approximate surface area is 77.2 Å². The van der Waals surface area contributed by atoms with Crippen molar-refractivity contribution in [3.05, 3.63) is 11.6 Å². The molecule has 1 atom stereocenters. The second-order valence-corrected chi connectivity index (χ2v) is 3.73. The molecule has 0 rings (SSSR count). The lowest BCUT2D eigenvalue weighted by Gasteiger charge is -2.11. The van der Waals surface area contributed by atoms with E-state index in [-0.39, 0.29) is 0 Å². The molecule has 1 heteroatoms. The van der Waals surface area contributed by atoms with Crippen molar-refractivity contribution in [3.63, 3.8) is 0 Å². The van der Waals surface area contributed by atoms with Crippen LogP contribution in [0.4, 0.5) is 0 Å². The van der Waals surface area contributed by atoms with E-state index in [0.29, 0.717) is 6.04 Å². The summed E-state index contributed by atoms with van der Waals surface area (Å²) in [5.41, 5.74) is 1.39. The summed E-state index contributed by atoms with van der Waals surface area (Å²) < 4.78 is 0. The first-order valence-corrected chi connectivity index (χ1v) is 5.03. The highest BCUT2D eigenvalue weighted by molar-refractivity contribution is 4.94. The number of hydrogen-bond acceptors (Lipinski definition) is 1. The van der Waals surface area contributed by atoms with Gasteiger partial charge in [-0.2, -0.15) is 0 Å². The molecule has 0 heterocycles. The maximum atomic E-state index is 3.47. The normalized spacial score (nSPS) is 12.7. The van der Waals surface area contributed by atoms with Gasteiger partial charge in [0.05, 0.1) is 0 Å². The molecule has 0 saturated heterocycles. The first-order valence-electron chi connectivity index (χ1n) is 5.03. The van der Waals surface area contributed by atoms with Crippen molar-refractivity contribution < 1.29 is 0 Å². The first-order chi connectivity index (χ1) is 5.66. The molecule has 1 nitrogen and oxygen atoms in total. The van der Waals surface area contributed by atoms with Crippen LogP contribution in [0, 0.1) is 0 Å². The van der Waals surface area contributed by atoms with Crippen molar-refractivity contribution in [2.24, 2.45) is 0 Å². The summed E-state index contributed by atoms with van der Waals surface area (Å²) in [6.45, 7) is 9.79. The van der Waals surface area contributed by atoms with Crippen molar-refractivity contribution in [3.8, 4) is 0 Å². The Morgan fingerprint density at radius 1 is 1.42 bits per heavy atom. The smallest absolute Gasteiger partial charge is 0.0139 e. The van der Waals surface area contributed by atoms with Gasteiger partial charge in [-0.3, -0.25) is 0 Å². The Morgan fingerprint density at radius 2 is 2.08 bits per heavy atom. The monoisotopic (exact) mass is 169 g/mol. The Bertz CT molecular complexity index is 123. The Kier molecular flexibility index (Phi) is 7.17. The number of hydrogen-bond donors (Lipinski definition) is 1. The molecule has 0 aliphatic heterocycles. The second kappa shape index (κ2) is 7.35. The summed E-state index contributed by atoms with van der Waals surface area (Å²) in [7, 11) is 0. The van der Waals surface area contributed by atoms with Crippen molar-refractivity contribution in [2.75, 3.05) is 6.54 Å². The zero-order valence-electron chi connectivity index (χ0n) is 8.98. The summed E-state index contributed by atoms with van der Waals surface area (Å²) in [5.74, 6) is 0. The van der Waals surface area contributed by atoms with Crippen LogP contribution < -0.4 is 5.32 Å². The lowest BCUT2D eigenvalue weighted by molar-refractivity contribution is 0.519. The second-order valence-electron chi connectivity index (χ2n) is 3.73. The van der Waals surface area contributed by atoms with E-state index in [9.17, 15) is 0 Å². The molecule has 0 aliphatic rings. The molecular formula is C11H23N. The van der Waals surface area contributed by atoms with Crippen LogP contribution >= 0.6 is 0 Å². The minimum atomic E-state index is 0.667. The molecule has 0 aliphatic carbocycles. The van der Waals surface area contributed by atoms with E-state index in [2.05, 4.69) is 39.1 Å². The molecule has 0 radical (unpaired) electrons. The third-order valence-electron chi connectivity index (χ3n) is 1.97. The van der Waals surface area contributed by atoms with Crippen LogP contribution in [0.25, 0.3) is 0 Å². The van der Waals surface area contributed by atoms with E-state index < -0.39 is 0 Å². The van der Waals surface area contributed by atoms with E-state index in [4.69, 9.17) is 0 Å². The Morgan fingerprint density at radius 3 is 2.58 bits per heavy atom. The van der Waals surface area contributed by atoms with Crippen LogP contribution in [0.3, 0.4) is 0 Å². The number of rotatable bonds is 6. The predicted molar refractivity (Wildman–Crippen MR) is 56.4 cm³/mol. The standard InChI is InChI=1S/C11H23N/c1-5-6-7-11(4)12-9-8-10(2)3/h8,11-12H,5-7,9H2,1-4H3. The van der Waals surface area contributed by atoms with Crippen LogP contribution in [-0.2, 0) is 0 Å².